The van der Waals surface area contributed by atoms with E-state index in [-0.39, 0.29) is 17.1 Å². The highest BCUT2D eigenvalue weighted by atomic mass is 19.4. The molecule has 1 unspecified atom stereocenters. The van der Waals surface area contributed by atoms with E-state index in [9.17, 15) is 18.0 Å². The summed E-state index contributed by atoms with van der Waals surface area (Å²) in [7, 11) is 0. The largest absolute Gasteiger partial charge is 0.508 e. The van der Waals surface area contributed by atoms with Gasteiger partial charge in [-0.25, -0.2) is 0 Å². The molecule has 1 aromatic heterocycles. The van der Waals surface area contributed by atoms with Gasteiger partial charge < -0.3 is 9.52 Å². The summed E-state index contributed by atoms with van der Waals surface area (Å²) in [5.74, 6) is -1.72. The van der Waals surface area contributed by atoms with Crippen LogP contribution in [0.25, 0.3) is 0 Å². The van der Waals surface area contributed by atoms with Gasteiger partial charge in [-0.3, -0.25) is 4.79 Å². The van der Waals surface area contributed by atoms with Crippen LogP contribution in [0.1, 0.15) is 23.0 Å². The molecule has 0 radical (unpaired) electrons. The Balaban J connectivity index is 2.57. The number of rotatable bonds is 3. The van der Waals surface area contributed by atoms with E-state index in [2.05, 4.69) is 0 Å². The summed E-state index contributed by atoms with van der Waals surface area (Å²) in [5.41, 5.74) is -3.00. The average molecular weight is 284 g/mol. The molecule has 106 valence electrons. The third-order valence-electron chi connectivity index (χ3n) is 3.21. The van der Waals surface area contributed by atoms with E-state index >= 15 is 0 Å². The van der Waals surface area contributed by atoms with E-state index in [1.165, 1.54) is 12.1 Å². The minimum Gasteiger partial charge on any atom is -0.508 e. The van der Waals surface area contributed by atoms with Crippen LogP contribution >= 0.6 is 0 Å². The SMILES string of the molecule is CC(C(=O)c1ccco1)(c1ccc(O)cc1)C(F)(F)F. The molecule has 0 spiro atoms. The molecule has 1 N–H and O–H groups in total. The molecule has 0 saturated heterocycles. The van der Waals surface area contributed by atoms with Crippen LogP contribution in [0.3, 0.4) is 0 Å². The number of hydrogen-bond acceptors (Lipinski definition) is 3. The molecule has 0 fully saturated rings. The molecule has 2 aromatic rings. The molecular formula is C14H11F3O3. The smallest absolute Gasteiger partial charge is 0.405 e. The van der Waals surface area contributed by atoms with Crippen molar-refractivity contribution in [3.63, 3.8) is 0 Å². The fraction of sp³-hybridized carbons (Fsp3) is 0.214. The first-order valence-corrected chi connectivity index (χ1v) is 5.71. The molecule has 0 aliphatic rings. The van der Waals surface area contributed by atoms with Gasteiger partial charge in [0.05, 0.1) is 6.26 Å². The van der Waals surface area contributed by atoms with E-state index < -0.39 is 17.4 Å². The standard InChI is InChI=1S/C14H11F3O3/c1-13(14(15,16)17,9-4-6-10(18)7-5-9)12(19)11-3-2-8-20-11/h2-8,18H,1H3. The lowest BCUT2D eigenvalue weighted by molar-refractivity contribution is -0.170. The Kier molecular flexibility index (Phi) is 3.33. The van der Waals surface area contributed by atoms with Crippen LogP contribution in [0.5, 0.6) is 5.75 Å². The zero-order valence-corrected chi connectivity index (χ0v) is 10.4. The van der Waals surface area contributed by atoms with E-state index in [4.69, 9.17) is 9.52 Å². The van der Waals surface area contributed by atoms with Gasteiger partial charge >= 0.3 is 6.18 Å². The lowest BCUT2D eigenvalue weighted by Gasteiger charge is -2.30. The van der Waals surface area contributed by atoms with E-state index in [0.717, 1.165) is 37.5 Å². The second-order valence-corrected chi connectivity index (χ2v) is 4.48. The Morgan fingerprint density at radius 3 is 2.20 bits per heavy atom. The van der Waals surface area contributed by atoms with Gasteiger partial charge in [-0.1, -0.05) is 12.1 Å². The summed E-state index contributed by atoms with van der Waals surface area (Å²) < 4.78 is 45.0. The fourth-order valence-corrected chi connectivity index (χ4v) is 1.87. The number of furan rings is 1. The Morgan fingerprint density at radius 2 is 1.75 bits per heavy atom. The zero-order valence-electron chi connectivity index (χ0n) is 10.4. The van der Waals surface area contributed by atoms with Gasteiger partial charge in [0.1, 0.15) is 5.75 Å². The Labute approximate surface area is 112 Å². The maximum Gasteiger partial charge on any atom is 0.405 e. The molecule has 20 heavy (non-hydrogen) atoms. The van der Waals surface area contributed by atoms with Gasteiger partial charge in [0.15, 0.2) is 11.2 Å². The molecule has 0 bridgehead atoms. The van der Waals surface area contributed by atoms with E-state index in [1.54, 1.807) is 0 Å². The lowest BCUT2D eigenvalue weighted by Crippen LogP contribution is -2.46. The Hall–Kier alpha value is -2.24. The third-order valence-corrected chi connectivity index (χ3v) is 3.21. The van der Waals surface area contributed by atoms with E-state index in [1.807, 2.05) is 0 Å². The van der Waals surface area contributed by atoms with Gasteiger partial charge in [0.2, 0.25) is 5.78 Å². The maximum absolute atomic E-state index is 13.4. The second kappa shape index (κ2) is 4.70. The first-order chi connectivity index (χ1) is 9.26. The second-order valence-electron chi connectivity index (χ2n) is 4.48. The van der Waals surface area contributed by atoms with Gasteiger partial charge in [-0.15, -0.1) is 0 Å². The van der Waals surface area contributed by atoms with Crippen LogP contribution in [0.15, 0.2) is 47.1 Å². The quantitative estimate of drug-likeness (QED) is 0.874. The van der Waals surface area contributed by atoms with Crippen LogP contribution in [-0.4, -0.2) is 17.1 Å². The number of Topliss-reactive ketones (excluding diaryl/α,β-unsaturated/α-hetero) is 1. The number of phenolic OH excluding ortho intramolecular Hbond substituents is 1. The van der Waals surface area contributed by atoms with Crippen LogP contribution < -0.4 is 0 Å². The molecule has 1 atom stereocenters. The molecule has 6 heteroatoms. The molecule has 0 saturated carbocycles. The lowest BCUT2D eigenvalue weighted by atomic mass is 9.77. The fourth-order valence-electron chi connectivity index (χ4n) is 1.87. The highest BCUT2D eigenvalue weighted by molar-refractivity contribution is 6.02. The first-order valence-electron chi connectivity index (χ1n) is 5.71. The Morgan fingerprint density at radius 1 is 1.15 bits per heavy atom. The summed E-state index contributed by atoms with van der Waals surface area (Å²) >= 11 is 0. The van der Waals surface area contributed by atoms with Gasteiger partial charge in [-0.05, 0) is 36.8 Å². The molecular weight excluding hydrogens is 273 g/mol. The number of carbonyl (C=O) groups is 1. The molecule has 0 aliphatic carbocycles. The number of carbonyl (C=O) groups excluding carboxylic acids is 1. The van der Waals surface area contributed by atoms with E-state index in [0.29, 0.717) is 0 Å². The molecule has 0 aliphatic heterocycles. The number of alkyl halides is 3. The molecule has 0 amide bonds. The highest BCUT2D eigenvalue weighted by Crippen LogP contribution is 2.43. The highest BCUT2D eigenvalue weighted by Gasteiger charge is 2.58. The molecule has 2 rings (SSSR count). The normalized spacial score (nSPS) is 14.8. The predicted octanol–water partition coefficient (Wildman–Crippen LogP) is 3.69. The van der Waals surface area contributed by atoms with Crippen LogP contribution in [0, 0.1) is 0 Å². The summed E-state index contributed by atoms with van der Waals surface area (Å²) in [5, 5.41) is 9.16. The van der Waals surface area contributed by atoms with Gasteiger partial charge in [0.25, 0.3) is 0 Å². The molecule has 1 heterocycles. The summed E-state index contributed by atoms with van der Waals surface area (Å²) in [6.07, 6.45) is -3.66. The van der Waals surface area contributed by atoms with Crippen molar-refractivity contribution < 1.29 is 27.5 Å². The predicted molar refractivity (Wildman–Crippen MR) is 64.6 cm³/mol. The number of hydrogen-bond donors (Lipinski definition) is 1. The number of halogens is 3. The molecule has 3 nitrogen and oxygen atoms in total. The topological polar surface area (TPSA) is 50.4 Å². The number of phenols is 1. The van der Waals surface area contributed by atoms with Crippen molar-refractivity contribution in [1.29, 1.82) is 0 Å². The van der Waals surface area contributed by atoms with Crippen molar-refractivity contribution in [2.45, 2.75) is 18.5 Å². The maximum atomic E-state index is 13.4. The number of aromatic hydroxyl groups is 1. The summed E-state index contributed by atoms with van der Waals surface area (Å²) in [6.45, 7) is 0.796. The monoisotopic (exact) mass is 284 g/mol. The van der Waals surface area contributed by atoms with Crippen molar-refractivity contribution >= 4 is 5.78 Å². The third kappa shape index (κ3) is 2.17. The van der Waals surface area contributed by atoms with Crippen LogP contribution in [0.2, 0.25) is 0 Å². The molecule has 1 aromatic carbocycles. The first kappa shape index (κ1) is 14.2. The zero-order chi connectivity index (χ0) is 15.0. The van der Waals surface area contributed by atoms with Crippen molar-refractivity contribution in [1.82, 2.24) is 0 Å². The summed E-state index contributed by atoms with van der Waals surface area (Å²) in [4.78, 5) is 12.2. The van der Waals surface area contributed by atoms with Crippen molar-refractivity contribution in [3.05, 3.63) is 54.0 Å². The van der Waals surface area contributed by atoms with Crippen molar-refractivity contribution in [2.75, 3.05) is 0 Å². The summed E-state index contributed by atoms with van der Waals surface area (Å²) in [6, 6.07) is 6.89. The minimum atomic E-state index is -4.80. The van der Waals surface area contributed by atoms with Crippen molar-refractivity contribution in [3.8, 4) is 5.75 Å². The van der Waals surface area contributed by atoms with Gasteiger partial charge in [0, 0.05) is 0 Å². The van der Waals surface area contributed by atoms with Crippen molar-refractivity contribution in [2.24, 2.45) is 0 Å². The minimum absolute atomic E-state index is 0.177. The average Bonchev–Trinajstić information content (AvgIpc) is 2.90. The van der Waals surface area contributed by atoms with Crippen LogP contribution in [0.4, 0.5) is 13.2 Å². The van der Waals surface area contributed by atoms with Gasteiger partial charge in [-0.2, -0.15) is 13.2 Å². The number of benzene rings is 1. The number of ketones is 1. The Bertz CT molecular complexity index is 600. The van der Waals surface area contributed by atoms with Crippen LogP contribution in [-0.2, 0) is 5.41 Å².